The number of nitrogens with one attached hydrogen (secondary N) is 2. The first-order valence-corrected chi connectivity index (χ1v) is 7.23. The molecule has 1 saturated heterocycles. The van der Waals surface area contributed by atoms with Gasteiger partial charge in [0.1, 0.15) is 0 Å². The quantitative estimate of drug-likeness (QED) is 0.746. The van der Waals surface area contributed by atoms with Gasteiger partial charge in [0.2, 0.25) is 5.91 Å². The fourth-order valence-electron chi connectivity index (χ4n) is 2.39. The summed E-state index contributed by atoms with van der Waals surface area (Å²) in [4.78, 5) is 14.3. The molecular weight excluding hydrogens is 226 g/mol. The van der Waals surface area contributed by atoms with Crippen LogP contribution in [-0.4, -0.2) is 50.1 Å². The van der Waals surface area contributed by atoms with Crippen LogP contribution in [0.5, 0.6) is 0 Å². The van der Waals surface area contributed by atoms with Crippen LogP contribution in [-0.2, 0) is 4.79 Å². The summed E-state index contributed by atoms with van der Waals surface area (Å²) >= 11 is 0. The highest BCUT2D eigenvalue weighted by molar-refractivity contribution is 5.79. The van der Waals surface area contributed by atoms with Crippen LogP contribution in [0.25, 0.3) is 0 Å². The molecule has 106 valence electrons. The Kier molecular flexibility index (Phi) is 6.65. The van der Waals surface area contributed by atoms with E-state index in [1.807, 2.05) is 0 Å². The lowest BCUT2D eigenvalue weighted by Crippen LogP contribution is -2.45. The Morgan fingerprint density at radius 2 is 2.22 bits per heavy atom. The summed E-state index contributed by atoms with van der Waals surface area (Å²) in [6, 6.07) is 0.582. The molecule has 18 heavy (non-hydrogen) atoms. The molecule has 0 aliphatic carbocycles. The average molecular weight is 255 g/mol. The molecule has 4 heteroatoms. The van der Waals surface area contributed by atoms with Crippen molar-refractivity contribution >= 4 is 5.91 Å². The van der Waals surface area contributed by atoms with Crippen LogP contribution in [0.1, 0.15) is 33.6 Å². The summed E-state index contributed by atoms with van der Waals surface area (Å²) in [5.41, 5.74) is 0. The summed E-state index contributed by atoms with van der Waals surface area (Å²) in [7, 11) is 2.12. The number of carbonyl (C=O) groups excluding carboxylic acids is 1. The molecule has 4 nitrogen and oxygen atoms in total. The zero-order valence-electron chi connectivity index (χ0n) is 12.3. The minimum absolute atomic E-state index is 0.155. The fraction of sp³-hybridized carbons (Fsp3) is 0.929. The highest BCUT2D eigenvalue weighted by Gasteiger charge is 2.24. The van der Waals surface area contributed by atoms with Gasteiger partial charge in [-0.3, -0.25) is 4.79 Å². The molecule has 1 fully saturated rings. The zero-order chi connectivity index (χ0) is 13.5. The topological polar surface area (TPSA) is 44.4 Å². The molecular formula is C14H29N3O. The average Bonchev–Trinajstić information content (AvgIpc) is 2.37. The lowest BCUT2D eigenvalue weighted by Gasteiger charge is -2.28. The second-order valence-corrected chi connectivity index (χ2v) is 5.72. The Balaban J connectivity index is 2.20. The third kappa shape index (κ3) is 4.94. The highest BCUT2D eigenvalue weighted by atomic mass is 16.1. The highest BCUT2D eigenvalue weighted by Crippen LogP contribution is 2.15. The zero-order valence-corrected chi connectivity index (χ0v) is 12.3. The van der Waals surface area contributed by atoms with Crippen LogP contribution in [0, 0.1) is 11.8 Å². The lowest BCUT2D eigenvalue weighted by atomic mass is 9.91. The van der Waals surface area contributed by atoms with Gasteiger partial charge in [-0.2, -0.15) is 0 Å². The first kappa shape index (κ1) is 15.4. The molecule has 1 aliphatic heterocycles. The van der Waals surface area contributed by atoms with Gasteiger partial charge in [-0.15, -0.1) is 0 Å². The summed E-state index contributed by atoms with van der Waals surface area (Å²) < 4.78 is 0. The normalized spacial score (nSPS) is 26.1. The van der Waals surface area contributed by atoms with Gasteiger partial charge in [0.15, 0.2) is 0 Å². The van der Waals surface area contributed by atoms with Crippen molar-refractivity contribution in [1.82, 2.24) is 15.5 Å². The van der Waals surface area contributed by atoms with Crippen molar-refractivity contribution in [2.45, 2.75) is 39.7 Å². The Morgan fingerprint density at radius 3 is 2.83 bits per heavy atom. The van der Waals surface area contributed by atoms with E-state index in [0.717, 1.165) is 39.0 Å². The number of hydrogen-bond donors (Lipinski definition) is 2. The van der Waals surface area contributed by atoms with Gasteiger partial charge < -0.3 is 15.5 Å². The van der Waals surface area contributed by atoms with E-state index in [0.29, 0.717) is 12.0 Å². The Morgan fingerprint density at radius 1 is 1.50 bits per heavy atom. The maximum atomic E-state index is 12.0. The van der Waals surface area contributed by atoms with Crippen LogP contribution >= 0.6 is 0 Å². The number of likely N-dealkylation sites (N-methyl/N-ethyl adjacent to an activating group) is 1. The lowest BCUT2D eigenvalue weighted by molar-refractivity contribution is -0.125. The SMILES string of the molecule is CCC(C)N(C)CCNC(=O)C1CNCC(C)C1. The molecule has 0 aromatic rings. The molecule has 3 unspecified atom stereocenters. The van der Waals surface area contributed by atoms with Gasteiger partial charge >= 0.3 is 0 Å². The van der Waals surface area contributed by atoms with E-state index in [4.69, 9.17) is 0 Å². The fourth-order valence-corrected chi connectivity index (χ4v) is 2.39. The minimum atomic E-state index is 0.155. The molecule has 0 aromatic heterocycles. The van der Waals surface area contributed by atoms with Crippen molar-refractivity contribution in [2.24, 2.45) is 11.8 Å². The predicted octanol–water partition coefficient (Wildman–Crippen LogP) is 1.08. The molecule has 0 aromatic carbocycles. The van der Waals surface area contributed by atoms with Crippen molar-refractivity contribution in [1.29, 1.82) is 0 Å². The van der Waals surface area contributed by atoms with Gasteiger partial charge in [-0.05, 0) is 39.3 Å². The maximum Gasteiger partial charge on any atom is 0.224 e. The molecule has 0 bridgehead atoms. The van der Waals surface area contributed by atoms with Crippen molar-refractivity contribution in [3.8, 4) is 0 Å². The molecule has 1 rings (SSSR count). The number of hydrogen-bond acceptors (Lipinski definition) is 3. The Hall–Kier alpha value is -0.610. The van der Waals surface area contributed by atoms with E-state index in [1.165, 1.54) is 0 Å². The second-order valence-electron chi connectivity index (χ2n) is 5.72. The third-order valence-electron chi connectivity index (χ3n) is 4.05. The Labute approximate surface area is 111 Å². The smallest absolute Gasteiger partial charge is 0.224 e. The first-order chi connectivity index (χ1) is 8.54. The molecule has 1 aliphatic rings. The van der Waals surface area contributed by atoms with Crippen molar-refractivity contribution in [2.75, 3.05) is 33.2 Å². The number of nitrogens with zero attached hydrogens (tertiary/aromatic N) is 1. The standard InChI is InChI=1S/C14H29N3O/c1-5-12(3)17(4)7-6-16-14(18)13-8-11(2)9-15-10-13/h11-13,15H,5-10H2,1-4H3,(H,16,18). The second kappa shape index (κ2) is 7.74. The minimum Gasteiger partial charge on any atom is -0.355 e. The van der Waals surface area contributed by atoms with Crippen LogP contribution in [0.3, 0.4) is 0 Å². The van der Waals surface area contributed by atoms with Gasteiger partial charge in [-0.25, -0.2) is 0 Å². The maximum absolute atomic E-state index is 12.0. The van der Waals surface area contributed by atoms with Crippen LogP contribution in [0.2, 0.25) is 0 Å². The molecule has 3 atom stereocenters. The van der Waals surface area contributed by atoms with Crippen LogP contribution in [0.15, 0.2) is 0 Å². The molecule has 2 N–H and O–H groups in total. The van der Waals surface area contributed by atoms with E-state index < -0.39 is 0 Å². The molecule has 1 heterocycles. The summed E-state index contributed by atoms with van der Waals surface area (Å²) in [6.45, 7) is 10.2. The third-order valence-corrected chi connectivity index (χ3v) is 4.05. The van der Waals surface area contributed by atoms with E-state index in [1.54, 1.807) is 0 Å². The van der Waals surface area contributed by atoms with Gasteiger partial charge in [0, 0.05) is 25.7 Å². The van der Waals surface area contributed by atoms with Crippen molar-refractivity contribution in [3.63, 3.8) is 0 Å². The molecule has 0 spiro atoms. The number of carbonyl (C=O) groups is 1. The summed E-state index contributed by atoms with van der Waals surface area (Å²) in [5, 5.41) is 6.38. The van der Waals surface area contributed by atoms with E-state index in [9.17, 15) is 4.79 Å². The van der Waals surface area contributed by atoms with Gasteiger partial charge in [-0.1, -0.05) is 13.8 Å². The Bertz CT molecular complexity index is 257. The monoisotopic (exact) mass is 255 g/mol. The summed E-state index contributed by atoms with van der Waals surface area (Å²) in [5.74, 6) is 0.978. The largest absolute Gasteiger partial charge is 0.355 e. The van der Waals surface area contributed by atoms with E-state index >= 15 is 0 Å². The number of amides is 1. The number of rotatable bonds is 6. The molecule has 1 amide bonds. The summed E-state index contributed by atoms with van der Waals surface area (Å²) in [6.07, 6.45) is 2.16. The van der Waals surface area contributed by atoms with Crippen molar-refractivity contribution < 1.29 is 4.79 Å². The molecule has 0 saturated carbocycles. The van der Waals surface area contributed by atoms with Crippen LogP contribution < -0.4 is 10.6 Å². The van der Waals surface area contributed by atoms with Gasteiger partial charge in [0.05, 0.1) is 5.92 Å². The van der Waals surface area contributed by atoms with Crippen LogP contribution in [0.4, 0.5) is 0 Å². The van der Waals surface area contributed by atoms with E-state index in [2.05, 4.69) is 43.4 Å². The van der Waals surface area contributed by atoms with E-state index in [-0.39, 0.29) is 11.8 Å². The van der Waals surface area contributed by atoms with Crippen molar-refractivity contribution in [3.05, 3.63) is 0 Å². The molecule has 0 radical (unpaired) electrons. The number of piperidine rings is 1. The predicted molar refractivity (Wildman–Crippen MR) is 75.5 cm³/mol. The first-order valence-electron chi connectivity index (χ1n) is 7.23. The van der Waals surface area contributed by atoms with Gasteiger partial charge in [0.25, 0.3) is 0 Å².